The summed E-state index contributed by atoms with van der Waals surface area (Å²) in [7, 11) is -3.74. The molecule has 0 saturated heterocycles. The molecule has 162 valence electrons. The quantitative estimate of drug-likeness (QED) is 0.601. The summed E-state index contributed by atoms with van der Waals surface area (Å²) in [6.45, 7) is 1.92. The Balaban J connectivity index is 1.36. The zero-order valence-electron chi connectivity index (χ0n) is 16.8. The van der Waals surface area contributed by atoms with Gasteiger partial charge in [0.05, 0.1) is 11.4 Å². The molecule has 0 fully saturated rings. The molecule has 3 aromatic rings. The second-order valence-electron chi connectivity index (χ2n) is 7.45. The van der Waals surface area contributed by atoms with Crippen LogP contribution in [0.25, 0.3) is 0 Å². The van der Waals surface area contributed by atoms with Gasteiger partial charge in [0.25, 0.3) is 0 Å². The average Bonchev–Trinajstić information content (AvgIpc) is 2.95. The van der Waals surface area contributed by atoms with Crippen LogP contribution >= 0.6 is 0 Å². The molecule has 31 heavy (non-hydrogen) atoms. The van der Waals surface area contributed by atoms with Gasteiger partial charge in [0.15, 0.2) is 11.5 Å². The molecular formula is C21H22N4O5S. The van der Waals surface area contributed by atoms with Gasteiger partial charge in [0, 0.05) is 32.1 Å². The number of hydrogen-bond donors (Lipinski definition) is 0. The summed E-state index contributed by atoms with van der Waals surface area (Å²) in [5.41, 5.74) is 0.762. The van der Waals surface area contributed by atoms with Gasteiger partial charge in [-0.3, -0.25) is 4.57 Å². The van der Waals surface area contributed by atoms with Crippen LogP contribution in [0.5, 0.6) is 11.5 Å². The topological polar surface area (TPSA) is 95.7 Å². The van der Waals surface area contributed by atoms with E-state index in [1.165, 1.54) is 21.1 Å². The van der Waals surface area contributed by atoms with E-state index in [1.54, 1.807) is 10.6 Å². The summed E-state index contributed by atoms with van der Waals surface area (Å²) in [4.78, 5) is 13.0. The van der Waals surface area contributed by atoms with Gasteiger partial charge in [-0.05, 0) is 17.7 Å². The van der Waals surface area contributed by atoms with Gasteiger partial charge in [-0.15, -0.1) is 0 Å². The molecule has 0 radical (unpaired) electrons. The standard InChI is InChI=1S/C21H22N4O5S/c26-21-24-11-10-23(9-8-20(24)22-25(21)15-16-4-2-1-3-5-16)31(27,28)17-6-7-18-19(14-17)30-13-12-29-18/h1-7,14H,8-13,15H2. The summed E-state index contributed by atoms with van der Waals surface area (Å²) in [5.74, 6) is 1.57. The highest BCUT2D eigenvalue weighted by atomic mass is 32.2. The van der Waals surface area contributed by atoms with E-state index in [1.807, 2.05) is 30.3 Å². The molecule has 5 rings (SSSR count). The molecule has 10 heteroatoms. The molecule has 0 saturated carbocycles. The SMILES string of the molecule is O=c1n(Cc2ccccc2)nc2n1CCN(S(=O)(=O)c1ccc3c(c1)OCCO3)CC2. The first-order valence-electron chi connectivity index (χ1n) is 10.1. The molecule has 0 bridgehead atoms. The Morgan fingerprint density at radius 3 is 2.52 bits per heavy atom. The van der Waals surface area contributed by atoms with Crippen LogP contribution in [0.1, 0.15) is 11.4 Å². The van der Waals surface area contributed by atoms with Crippen molar-refractivity contribution in [2.75, 3.05) is 26.3 Å². The summed E-state index contributed by atoms with van der Waals surface area (Å²) < 4.78 is 41.8. The molecule has 2 aliphatic rings. The second kappa shape index (κ2) is 7.86. The molecule has 0 N–H and O–H groups in total. The Labute approximate surface area is 179 Å². The van der Waals surface area contributed by atoms with Gasteiger partial charge in [-0.2, -0.15) is 9.40 Å². The molecule has 0 atom stereocenters. The van der Waals surface area contributed by atoms with E-state index in [-0.39, 0.29) is 30.2 Å². The third-order valence-electron chi connectivity index (χ3n) is 5.48. The zero-order chi connectivity index (χ0) is 21.4. The van der Waals surface area contributed by atoms with Gasteiger partial charge in [-0.25, -0.2) is 17.9 Å². The van der Waals surface area contributed by atoms with Gasteiger partial charge < -0.3 is 9.47 Å². The van der Waals surface area contributed by atoms with Crippen LogP contribution < -0.4 is 15.2 Å². The van der Waals surface area contributed by atoms with Crippen LogP contribution in [-0.4, -0.2) is 53.4 Å². The number of rotatable bonds is 4. The fourth-order valence-corrected chi connectivity index (χ4v) is 5.32. The van der Waals surface area contributed by atoms with E-state index >= 15 is 0 Å². The van der Waals surface area contributed by atoms with Crippen molar-refractivity contribution in [1.29, 1.82) is 0 Å². The lowest BCUT2D eigenvalue weighted by Gasteiger charge is -2.22. The number of nitrogens with zero attached hydrogens (tertiary/aromatic N) is 4. The maximum Gasteiger partial charge on any atom is 0.346 e. The molecule has 9 nitrogen and oxygen atoms in total. The van der Waals surface area contributed by atoms with Gasteiger partial charge in [0.2, 0.25) is 10.0 Å². The minimum atomic E-state index is -3.74. The van der Waals surface area contributed by atoms with Gasteiger partial charge >= 0.3 is 5.69 Å². The fourth-order valence-electron chi connectivity index (χ4n) is 3.88. The maximum absolute atomic E-state index is 13.2. The van der Waals surface area contributed by atoms with Crippen molar-refractivity contribution in [3.63, 3.8) is 0 Å². The number of fused-ring (bicyclic) bond motifs is 2. The first-order valence-corrected chi connectivity index (χ1v) is 11.6. The third-order valence-corrected chi connectivity index (χ3v) is 7.38. The van der Waals surface area contributed by atoms with Crippen LogP contribution in [0, 0.1) is 0 Å². The molecular weight excluding hydrogens is 420 g/mol. The van der Waals surface area contributed by atoms with Crippen LogP contribution in [0.4, 0.5) is 0 Å². The Kier molecular flexibility index (Phi) is 5.03. The first-order chi connectivity index (χ1) is 15.0. The predicted octanol–water partition coefficient (Wildman–Crippen LogP) is 1.11. The van der Waals surface area contributed by atoms with Gasteiger partial charge in [0.1, 0.15) is 19.0 Å². The number of benzene rings is 2. The highest BCUT2D eigenvalue weighted by Crippen LogP contribution is 2.33. The summed E-state index contributed by atoms with van der Waals surface area (Å²) in [5, 5.41) is 4.46. The van der Waals surface area contributed by atoms with Crippen molar-refractivity contribution in [2.45, 2.75) is 24.4 Å². The van der Waals surface area contributed by atoms with E-state index in [0.717, 1.165) is 5.56 Å². The number of hydrogen-bond acceptors (Lipinski definition) is 6. The van der Waals surface area contributed by atoms with E-state index in [4.69, 9.17) is 9.47 Å². The van der Waals surface area contributed by atoms with Crippen molar-refractivity contribution < 1.29 is 17.9 Å². The van der Waals surface area contributed by atoms with Gasteiger partial charge in [-0.1, -0.05) is 30.3 Å². The van der Waals surface area contributed by atoms with Crippen molar-refractivity contribution in [3.8, 4) is 11.5 Å². The second-order valence-corrected chi connectivity index (χ2v) is 9.39. The molecule has 2 aliphatic heterocycles. The lowest BCUT2D eigenvalue weighted by atomic mass is 10.2. The van der Waals surface area contributed by atoms with Crippen LogP contribution in [0.15, 0.2) is 58.2 Å². The minimum Gasteiger partial charge on any atom is -0.486 e. The van der Waals surface area contributed by atoms with E-state index in [2.05, 4.69) is 5.10 Å². The van der Waals surface area contributed by atoms with E-state index < -0.39 is 10.0 Å². The first kappa shape index (κ1) is 19.8. The summed E-state index contributed by atoms with van der Waals surface area (Å²) >= 11 is 0. The highest BCUT2D eigenvalue weighted by molar-refractivity contribution is 7.89. The summed E-state index contributed by atoms with van der Waals surface area (Å²) in [6, 6.07) is 14.3. The van der Waals surface area contributed by atoms with Crippen molar-refractivity contribution in [2.24, 2.45) is 0 Å². The lowest BCUT2D eigenvalue weighted by molar-refractivity contribution is 0.171. The molecule has 2 aromatic carbocycles. The Hall–Kier alpha value is -3.11. The van der Waals surface area contributed by atoms with Crippen molar-refractivity contribution in [1.82, 2.24) is 18.7 Å². The number of ether oxygens (including phenoxy) is 2. The molecule has 1 aromatic heterocycles. The lowest BCUT2D eigenvalue weighted by Crippen LogP contribution is -2.35. The Morgan fingerprint density at radius 1 is 0.935 bits per heavy atom. The van der Waals surface area contributed by atoms with Crippen molar-refractivity contribution in [3.05, 3.63) is 70.4 Å². The zero-order valence-corrected chi connectivity index (χ0v) is 17.6. The largest absolute Gasteiger partial charge is 0.486 e. The Bertz CT molecular complexity index is 1270. The number of aromatic nitrogens is 3. The Morgan fingerprint density at radius 2 is 1.71 bits per heavy atom. The van der Waals surface area contributed by atoms with Crippen molar-refractivity contribution >= 4 is 10.0 Å². The number of sulfonamides is 1. The normalized spacial score (nSPS) is 16.5. The minimum absolute atomic E-state index is 0.151. The highest BCUT2D eigenvalue weighted by Gasteiger charge is 2.29. The fraction of sp³-hybridized carbons (Fsp3) is 0.333. The monoisotopic (exact) mass is 442 g/mol. The molecule has 0 spiro atoms. The molecule has 0 amide bonds. The van der Waals surface area contributed by atoms with E-state index in [0.29, 0.717) is 43.5 Å². The predicted molar refractivity (Wildman–Crippen MR) is 112 cm³/mol. The molecule has 0 aliphatic carbocycles. The average molecular weight is 442 g/mol. The third kappa shape index (κ3) is 3.72. The van der Waals surface area contributed by atoms with Crippen LogP contribution in [-0.2, 0) is 29.5 Å². The van der Waals surface area contributed by atoms with Crippen LogP contribution in [0.3, 0.4) is 0 Å². The maximum atomic E-state index is 13.2. The smallest absolute Gasteiger partial charge is 0.346 e. The molecule has 3 heterocycles. The molecule has 0 unspecified atom stereocenters. The summed E-state index contributed by atoms with van der Waals surface area (Å²) in [6.07, 6.45) is 0.362. The van der Waals surface area contributed by atoms with Crippen LogP contribution in [0.2, 0.25) is 0 Å². The van der Waals surface area contributed by atoms with E-state index in [9.17, 15) is 13.2 Å².